The maximum atomic E-state index is 13.9. The number of thiazole rings is 1. The van der Waals surface area contributed by atoms with Crippen LogP contribution < -0.4 is 10.6 Å². The highest BCUT2D eigenvalue weighted by molar-refractivity contribution is 7.13. The van der Waals surface area contributed by atoms with Crippen LogP contribution in [-0.4, -0.2) is 41.0 Å². The van der Waals surface area contributed by atoms with Crippen LogP contribution in [0, 0.1) is 11.6 Å². The topological polar surface area (TPSA) is 93.2 Å². The summed E-state index contributed by atoms with van der Waals surface area (Å²) >= 11 is 0.939. The second-order valence-corrected chi connectivity index (χ2v) is 7.08. The van der Waals surface area contributed by atoms with Crippen molar-refractivity contribution in [2.75, 3.05) is 18.5 Å². The first-order chi connectivity index (χ1) is 14.0. The summed E-state index contributed by atoms with van der Waals surface area (Å²) in [7, 11) is 0. The average Bonchev–Trinajstić information content (AvgIpc) is 3.15. The van der Waals surface area contributed by atoms with Crippen molar-refractivity contribution in [1.82, 2.24) is 15.3 Å². The number of nitrogens with one attached hydrogen (secondary N) is 2. The number of nitrogens with zero attached hydrogens (tertiary/aromatic N) is 2. The molecule has 29 heavy (non-hydrogen) atoms. The van der Waals surface area contributed by atoms with Gasteiger partial charge in [0, 0.05) is 11.6 Å². The first kappa shape index (κ1) is 19.1. The van der Waals surface area contributed by atoms with Crippen LogP contribution in [0.1, 0.15) is 20.8 Å². The Balaban J connectivity index is 1.53. The summed E-state index contributed by atoms with van der Waals surface area (Å²) in [5, 5.41) is 6.79. The smallest absolute Gasteiger partial charge is 0.275 e. The Kier molecular flexibility index (Phi) is 5.28. The van der Waals surface area contributed by atoms with Crippen LogP contribution in [0.25, 0.3) is 10.6 Å². The third kappa shape index (κ3) is 3.98. The summed E-state index contributed by atoms with van der Waals surface area (Å²) in [6.45, 7) is 0.874. The van der Waals surface area contributed by atoms with Crippen molar-refractivity contribution in [1.29, 1.82) is 0 Å². The Morgan fingerprint density at radius 3 is 2.59 bits per heavy atom. The van der Waals surface area contributed by atoms with Gasteiger partial charge in [-0.05, 0) is 18.2 Å². The zero-order valence-electron chi connectivity index (χ0n) is 14.8. The van der Waals surface area contributed by atoms with E-state index in [9.17, 15) is 18.4 Å². The summed E-state index contributed by atoms with van der Waals surface area (Å²) in [5.74, 6) is -2.53. The lowest BCUT2D eigenvalue weighted by Gasteiger charge is -2.27. The van der Waals surface area contributed by atoms with Crippen LogP contribution in [0.15, 0.2) is 42.0 Å². The molecule has 7 nitrogen and oxygen atoms in total. The van der Waals surface area contributed by atoms with E-state index in [4.69, 9.17) is 4.74 Å². The van der Waals surface area contributed by atoms with Crippen LogP contribution in [0.4, 0.5) is 14.5 Å². The molecule has 0 atom stereocenters. The molecule has 1 saturated heterocycles. The van der Waals surface area contributed by atoms with Gasteiger partial charge >= 0.3 is 0 Å². The van der Waals surface area contributed by atoms with Gasteiger partial charge < -0.3 is 15.4 Å². The van der Waals surface area contributed by atoms with Crippen molar-refractivity contribution in [3.63, 3.8) is 0 Å². The van der Waals surface area contributed by atoms with E-state index < -0.39 is 17.5 Å². The van der Waals surface area contributed by atoms with Crippen molar-refractivity contribution < 1.29 is 23.1 Å². The largest absolute Gasteiger partial charge is 0.377 e. The van der Waals surface area contributed by atoms with E-state index in [-0.39, 0.29) is 39.5 Å². The van der Waals surface area contributed by atoms with Gasteiger partial charge in [-0.3, -0.25) is 14.6 Å². The summed E-state index contributed by atoms with van der Waals surface area (Å²) in [6, 6.07) is 4.89. The molecule has 0 radical (unpaired) electrons. The third-order valence-corrected chi connectivity index (χ3v) is 5.06. The number of anilines is 1. The molecular weight excluding hydrogens is 402 g/mol. The molecule has 2 amide bonds. The maximum absolute atomic E-state index is 13.9. The van der Waals surface area contributed by atoms with Gasteiger partial charge in [0.15, 0.2) is 0 Å². The lowest BCUT2D eigenvalue weighted by atomic mass is 10.1. The Labute approximate surface area is 167 Å². The molecule has 148 valence electrons. The highest BCUT2D eigenvalue weighted by Gasteiger charge is 2.23. The van der Waals surface area contributed by atoms with E-state index in [0.29, 0.717) is 13.2 Å². The Bertz CT molecular complexity index is 1060. The van der Waals surface area contributed by atoms with E-state index in [1.54, 1.807) is 0 Å². The van der Waals surface area contributed by atoms with E-state index >= 15 is 0 Å². The van der Waals surface area contributed by atoms with Crippen LogP contribution >= 0.6 is 11.3 Å². The Hall–Kier alpha value is -3.24. The number of ether oxygens (including phenoxy) is 1. The average molecular weight is 416 g/mol. The number of hydrogen-bond donors (Lipinski definition) is 2. The molecule has 2 aromatic heterocycles. The molecule has 10 heteroatoms. The number of amides is 2. The second kappa shape index (κ2) is 8.02. The van der Waals surface area contributed by atoms with Gasteiger partial charge in [-0.15, -0.1) is 11.3 Å². The highest BCUT2D eigenvalue weighted by atomic mass is 32.1. The molecule has 3 heterocycles. The van der Waals surface area contributed by atoms with E-state index in [1.807, 2.05) is 0 Å². The molecule has 3 aromatic rings. The van der Waals surface area contributed by atoms with Gasteiger partial charge in [-0.2, -0.15) is 0 Å². The molecule has 0 bridgehead atoms. The standard InChI is InChI=1S/C19H14F2N4O3S/c20-12-2-1-3-13(21)16(12)19-25-15(9-29-19)18(27)24-14-6-22-5-4-11(14)17(26)23-10-7-28-8-10/h1-6,9-10H,7-8H2,(H,23,26)(H,24,27). The quantitative estimate of drug-likeness (QED) is 0.667. The zero-order valence-corrected chi connectivity index (χ0v) is 15.6. The van der Waals surface area contributed by atoms with Gasteiger partial charge in [-0.1, -0.05) is 6.07 Å². The Morgan fingerprint density at radius 2 is 1.90 bits per heavy atom. The maximum Gasteiger partial charge on any atom is 0.275 e. The first-order valence-corrected chi connectivity index (χ1v) is 9.45. The van der Waals surface area contributed by atoms with Gasteiger partial charge in [-0.25, -0.2) is 13.8 Å². The fourth-order valence-electron chi connectivity index (χ4n) is 2.66. The number of carbonyl (C=O) groups excluding carboxylic acids is 2. The van der Waals surface area contributed by atoms with Crippen molar-refractivity contribution in [2.24, 2.45) is 0 Å². The number of rotatable bonds is 5. The summed E-state index contributed by atoms with van der Waals surface area (Å²) in [6.07, 6.45) is 2.78. The normalized spacial score (nSPS) is 13.6. The number of halogens is 2. The van der Waals surface area contributed by atoms with Gasteiger partial charge in [0.1, 0.15) is 22.3 Å². The molecule has 1 aliphatic rings. The minimum atomic E-state index is -0.766. The fraction of sp³-hybridized carbons (Fsp3) is 0.158. The van der Waals surface area contributed by atoms with Gasteiger partial charge in [0.05, 0.1) is 42.3 Å². The molecule has 1 aromatic carbocycles. The van der Waals surface area contributed by atoms with Crippen molar-refractivity contribution in [2.45, 2.75) is 6.04 Å². The van der Waals surface area contributed by atoms with Crippen LogP contribution in [0.2, 0.25) is 0 Å². The fourth-order valence-corrected chi connectivity index (χ4v) is 3.50. The molecule has 4 rings (SSSR count). The van der Waals surface area contributed by atoms with Crippen LogP contribution in [0.3, 0.4) is 0 Å². The van der Waals surface area contributed by atoms with E-state index in [2.05, 4.69) is 20.6 Å². The molecule has 0 aliphatic carbocycles. The van der Waals surface area contributed by atoms with Gasteiger partial charge in [0.25, 0.3) is 11.8 Å². The summed E-state index contributed by atoms with van der Waals surface area (Å²) < 4.78 is 32.9. The van der Waals surface area contributed by atoms with Crippen molar-refractivity contribution in [3.05, 3.63) is 64.9 Å². The predicted molar refractivity (Wildman–Crippen MR) is 102 cm³/mol. The number of hydrogen-bond acceptors (Lipinski definition) is 6. The molecular formula is C19H14F2N4O3S. The van der Waals surface area contributed by atoms with Crippen LogP contribution in [-0.2, 0) is 4.74 Å². The predicted octanol–water partition coefficient (Wildman–Crippen LogP) is 2.86. The second-order valence-electron chi connectivity index (χ2n) is 6.22. The lowest BCUT2D eigenvalue weighted by Crippen LogP contribution is -2.48. The summed E-state index contributed by atoms with van der Waals surface area (Å²) in [4.78, 5) is 32.9. The molecule has 0 unspecified atom stereocenters. The number of aromatic nitrogens is 2. The molecule has 1 fully saturated rings. The monoisotopic (exact) mass is 416 g/mol. The minimum absolute atomic E-state index is 0.0322. The minimum Gasteiger partial charge on any atom is -0.377 e. The molecule has 2 N–H and O–H groups in total. The lowest BCUT2D eigenvalue weighted by molar-refractivity contribution is -0.00344. The van der Waals surface area contributed by atoms with Gasteiger partial charge in [0.2, 0.25) is 0 Å². The highest BCUT2D eigenvalue weighted by Crippen LogP contribution is 2.29. The number of pyridine rings is 1. The molecule has 0 saturated carbocycles. The molecule has 1 aliphatic heterocycles. The van der Waals surface area contributed by atoms with E-state index in [1.165, 1.54) is 29.9 Å². The number of benzene rings is 1. The first-order valence-electron chi connectivity index (χ1n) is 8.57. The third-order valence-electron chi connectivity index (χ3n) is 4.20. The zero-order chi connectivity index (χ0) is 20.4. The summed E-state index contributed by atoms with van der Waals surface area (Å²) in [5.41, 5.74) is 0.105. The van der Waals surface area contributed by atoms with E-state index in [0.717, 1.165) is 23.5 Å². The van der Waals surface area contributed by atoms with Crippen LogP contribution in [0.5, 0.6) is 0 Å². The number of carbonyl (C=O) groups is 2. The SMILES string of the molecule is O=C(Nc1cnccc1C(=O)NC1COC1)c1csc(-c2c(F)cccc2F)n1. The van der Waals surface area contributed by atoms with Crippen molar-refractivity contribution in [3.8, 4) is 10.6 Å². The van der Waals surface area contributed by atoms with Crippen molar-refractivity contribution >= 4 is 28.8 Å². The molecule has 0 spiro atoms. The Morgan fingerprint density at radius 1 is 1.14 bits per heavy atom.